The maximum Gasteiger partial charge on any atom is 0.244 e. The van der Waals surface area contributed by atoms with Gasteiger partial charge in [-0.1, -0.05) is 6.92 Å². The molecule has 0 radical (unpaired) electrons. The molecule has 1 saturated carbocycles. The zero-order chi connectivity index (χ0) is 14.9. The first-order valence-electron chi connectivity index (χ1n) is 7.62. The van der Waals surface area contributed by atoms with Gasteiger partial charge in [-0.3, -0.25) is 0 Å². The SMILES string of the molecule is CCC1CN(S(=O)(=O)c2c[nH]c(CNC3CC3)c2)CCS1. The van der Waals surface area contributed by atoms with Gasteiger partial charge in [0.15, 0.2) is 0 Å². The average molecular weight is 329 g/mol. The highest BCUT2D eigenvalue weighted by molar-refractivity contribution is 8.00. The van der Waals surface area contributed by atoms with E-state index in [1.54, 1.807) is 16.6 Å². The molecule has 1 saturated heterocycles. The molecule has 7 heteroatoms. The molecule has 0 bridgehead atoms. The van der Waals surface area contributed by atoms with Gasteiger partial charge >= 0.3 is 0 Å². The van der Waals surface area contributed by atoms with Gasteiger partial charge in [0, 0.05) is 48.6 Å². The maximum absolute atomic E-state index is 12.7. The zero-order valence-electron chi connectivity index (χ0n) is 12.3. The standard InChI is InChI=1S/C14H23N3O2S2/c1-2-13-10-17(5-6-20-13)21(18,19)14-7-12(16-9-14)8-15-11-3-4-11/h7,9,11,13,15-16H,2-6,8,10H2,1H3. The molecule has 1 unspecified atom stereocenters. The molecule has 1 aromatic rings. The first-order chi connectivity index (χ1) is 10.1. The number of nitrogens with zero attached hydrogens (tertiary/aromatic N) is 1. The number of rotatable bonds is 6. The Bertz CT molecular complexity index is 581. The predicted octanol–water partition coefficient (Wildman–Crippen LogP) is 1.78. The topological polar surface area (TPSA) is 65.2 Å². The lowest BCUT2D eigenvalue weighted by Crippen LogP contribution is -2.41. The van der Waals surface area contributed by atoms with Gasteiger partial charge in [0.05, 0.1) is 4.90 Å². The average Bonchev–Trinajstić information content (AvgIpc) is 3.21. The van der Waals surface area contributed by atoms with E-state index in [-0.39, 0.29) is 0 Å². The number of H-pyrrole nitrogens is 1. The third-order valence-corrected chi connectivity index (χ3v) is 7.28. The van der Waals surface area contributed by atoms with Crippen LogP contribution in [0.1, 0.15) is 31.9 Å². The van der Waals surface area contributed by atoms with Crippen molar-refractivity contribution in [1.82, 2.24) is 14.6 Å². The Kier molecular flexibility index (Phi) is 4.63. The molecule has 118 valence electrons. The fraction of sp³-hybridized carbons (Fsp3) is 0.714. The molecule has 1 aliphatic carbocycles. The lowest BCUT2D eigenvalue weighted by molar-refractivity contribution is 0.416. The van der Waals surface area contributed by atoms with Gasteiger partial charge in [-0.2, -0.15) is 16.1 Å². The third kappa shape index (κ3) is 3.64. The number of aromatic nitrogens is 1. The second-order valence-electron chi connectivity index (χ2n) is 5.78. The van der Waals surface area contributed by atoms with E-state index in [4.69, 9.17) is 0 Å². The van der Waals surface area contributed by atoms with E-state index in [1.165, 1.54) is 12.8 Å². The van der Waals surface area contributed by atoms with Crippen molar-refractivity contribution in [3.63, 3.8) is 0 Å². The summed E-state index contributed by atoms with van der Waals surface area (Å²) in [5, 5.41) is 3.81. The van der Waals surface area contributed by atoms with Crippen LogP contribution in [-0.4, -0.2) is 47.8 Å². The molecule has 3 rings (SSSR count). The first-order valence-corrected chi connectivity index (χ1v) is 10.1. The molecule has 2 N–H and O–H groups in total. The molecule has 1 aliphatic heterocycles. The van der Waals surface area contributed by atoms with Crippen molar-refractivity contribution < 1.29 is 8.42 Å². The molecule has 5 nitrogen and oxygen atoms in total. The number of nitrogens with one attached hydrogen (secondary N) is 2. The van der Waals surface area contributed by atoms with Crippen LogP contribution in [0.4, 0.5) is 0 Å². The van der Waals surface area contributed by atoms with Crippen LogP contribution in [0.3, 0.4) is 0 Å². The van der Waals surface area contributed by atoms with Gasteiger partial charge in [-0.15, -0.1) is 0 Å². The van der Waals surface area contributed by atoms with Crippen molar-refractivity contribution >= 4 is 21.8 Å². The minimum atomic E-state index is -3.35. The third-order valence-electron chi connectivity index (χ3n) is 4.07. The van der Waals surface area contributed by atoms with Gasteiger partial charge in [-0.25, -0.2) is 8.42 Å². The summed E-state index contributed by atoms with van der Waals surface area (Å²) < 4.78 is 27.0. The highest BCUT2D eigenvalue weighted by atomic mass is 32.2. The van der Waals surface area contributed by atoms with Crippen LogP contribution in [-0.2, 0) is 16.6 Å². The summed E-state index contributed by atoms with van der Waals surface area (Å²) in [5.74, 6) is 0.887. The minimum Gasteiger partial charge on any atom is -0.363 e. The molecule has 0 spiro atoms. The van der Waals surface area contributed by atoms with Gasteiger partial charge < -0.3 is 10.3 Å². The molecule has 1 atom stereocenters. The van der Waals surface area contributed by atoms with Crippen LogP contribution in [0.2, 0.25) is 0 Å². The van der Waals surface area contributed by atoms with Crippen molar-refractivity contribution in [1.29, 1.82) is 0 Å². The zero-order valence-corrected chi connectivity index (χ0v) is 14.0. The van der Waals surface area contributed by atoms with Crippen LogP contribution in [0.5, 0.6) is 0 Å². The van der Waals surface area contributed by atoms with E-state index < -0.39 is 10.0 Å². The summed E-state index contributed by atoms with van der Waals surface area (Å²) in [6.07, 6.45) is 5.10. The van der Waals surface area contributed by atoms with Gasteiger partial charge in [0.2, 0.25) is 10.0 Å². The first kappa shape index (κ1) is 15.4. The quantitative estimate of drug-likeness (QED) is 0.835. The van der Waals surface area contributed by atoms with Crippen LogP contribution >= 0.6 is 11.8 Å². The molecule has 21 heavy (non-hydrogen) atoms. The summed E-state index contributed by atoms with van der Waals surface area (Å²) in [6, 6.07) is 2.39. The van der Waals surface area contributed by atoms with Gasteiger partial charge in [0.25, 0.3) is 0 Å². The van der Waals surface area contributed by atoms with Crippen LogP contribution in [0.15, 0.2) is 17.2 Å². The van der Waals surface area contributed by atoms with Crippen molar-refractivity contribution in [2.24, 2.45) is 0 Å². The monoisotopic (exact) mass is 329 g/mol. The minimum absolute atomic E-state index is 0.400. The number of sulfonamides is 1. The Morgan fingerprint density at radius 1 is 1.48 bits per heavy atom. The molecule has 2 heterocycles. The molecular weight excluding hydrogens is 306 g/mol. The molecule has 0 amide bonds. The summed E-state index contributed by atoms with van der Waals surface area (Å²) in [5.41, 5.74) is 0.943. The van der Waals surface area contributed by atoms with Crippen LogP contribution in [0.25, 0.3) is 0 Å². The van der Waals surface area contributed by atoms with Crippen molar-refractivity contribution in [2.75, 3.05) is 18.8 Å². The summed E-state index contributed by atoms with van der Waals surface area (Å²) in [6.45, 7) is 4.08. The van der Waals surface area contributed by atoms with Crippen LogP contribution < -0.4 is 5.32 Å². The fourth-order valence-electron chi connectivity index (χ4n) is 2.52. The largest absolute Gasteiger partial charge is 0.363 e. The van der Waals surface area contributed by atoms with E-state index >= 15 is 0 Å². The molecule has 1 aromatic heterocycles. The number of hydrogen-bond donors (Lipinski definition) is 2. The van der Waals surface area contributed by atoms with Crippen molar-refractivity contribution in [2.45, 2.75) is 48.9 Å². The number of thioether (sulfide) groups is 1. The van der Waals surface area contributed by atoms with Crippen LogP contribution in [0, 0.1) is 0 Å². The molecular formula is C14H23N3O2S2. The Morgan fingerprint density at radius 2 is 2.29 bits per heavy atom. The number of aromatic amines is 1. The van der Waals surface area contributed by atoms with E-state index in [0.29, 0.717) is 35.8 Å². The summed E-state index contributed by atoms with van der Waals surface area (Å²) in [4.78, 5) is 3.49. The molecule has 0 aromatic carbocycles. The summed E-state index contributed by atoms with van der Waals surface area (Å²) >= 11 is 1.88. The van der Waals surface area contributed by atoms with E-state index in [0.717, 1.165) is 17.9 Å². The maximum atomic E-state index is 12.7. The predicted molar refractivity (Wildman–Crippen MR) is 86.0 cm³/mol. The highest BCUT2D eigenvalue weighted by Crippen LogP contribution is 2.26. The molecule has 2 aliphatic rings. The van der Waals surface area contributed by atoms with E-state index in [1.807, 2.05) is 11.8 Å². The summed E-state index contributed by atoms with van der Waals surface area (Å²) in [7, 11) is -3.35. The Balaban J connectivity index is 1.68. The van der Waals surface area contributed by atoms with E-state index in [9.17, 15) is 8.42 Å². The smallest absolute Gasteiger partial charge is 0.244 e. The lowest BCUT2D eigenvalue weighted by Gasteiger charge is -2.30. The number of hydrogen-bond acceptors (Lipinski definition) is 4. The second-order valence-corrected chi connectivity index (χ2v) is 9.13. The Morgan fingerprint density at radius 3 is 3.00 bits per heavy atom. The highest BCUT2D eigenvalue weighted by Gasteiger charge is 2.30. The normalized spacial score (nSPS) is 24.3. The van der Waals surface area contributed by atoms with Gasteiger partial charge in [-0.05, 0) is 25.3 Å². The second kappa shape index (κ2) is 6.32. The molecule has 2 fully saturated rings. The van der Waals surface area contributed by atoms with Crippen molar-refractivity contribution in [3.8, 4) is 0 Å². The fourth-order valence-corrected chi connectivity index (χ4v) is 5.41. The van der Waals surface area contributed by atoms with Gasteiger partial charge in [0.1, 0.15) is 0 Å². The van der Waals surface area contributed by atoms with E-state index in [2.05, 4.69) is 17.2 Å². The Hall–Kier alpha value is -0.500. The lowest BCUT2D eigenvalue weighted by atomic mass is 10.3. The Labute approximate surface area is 130 Å². The van der Waals surface area contributed by atoms with Crippen molar-refractivity contribution in [3.05, 3.63) is 18.0 Å².